The largest absolute Gasteiger partial charge is 0.495 e. The van der Waals surface area contributed by atoms with Crippen LogP contribution in [0.1, 0.15) is 50.3 Å². The number of carbonyl (C=O) groups excluding carboxylic acids is 1. The minimum Gasteiger partial charge on any atom is -0.495 e. The van der Waals surface area contributed by atoms with Crippen molar-refractivity contribution in [1.29, 1.82) is 0 Å². The second-order valence-electron chi connectivity index (χ2n) is 9.57. The maximum Gasteiger partial charge on any atom is 0.253 e. The average Bonchev–Trinajstić information content (AvgIpc) is 3.21. The van der Waals surface area contributed by atoms with E-state index in [1.165, 1.54) is 0 Å². The van der Waals surface area contributed by atoms with Crippen LogP contribution in [0, 0.1) is 0 Å². The molecule has 3 aromatic rings. The van der Waals surface area contributed by atoms with Crippen molar-refractivity contribution in [3.8, 4) is 5.75 Å². The molecule has 2 aromatic heterocycles. The van der Waals surface area contributed by atoms with Crippen molar-refractivity contribution in [3.05, 3.63) is 60.0 Å². The molecular formula is C25H32N4O4S. The quantitative estimate of drug-likeness (QED) is 0.451. The molecule has 8 nitrogen and oxygen atoms in total. The first-order chi connectivity index (χ1) is 16.1. The Bertz CT molecular complexity index is 1260. The number of nitrogens with one attached hydrogen (secondary N) is 2. The van der Waals surface area contributed by atoms with Gasteiger partial charge in [-0.05, 0) is 43.5 Å². The number of fused-ring (bicyclic) bond motifs is 1. The molecule has 1 saturated carbocycles. The van der Waals surface area contributed by atoms with Crippen LogP contribution in [-0.4, -0.2) is 42.7 Å². The van der Waals surface area contributed by atoms with E-state index >= 15 is 0 Å². The Morgan fingerprint density at radius 3 is 2.62 bits per heavy atom. The molecule has 1 aliphatic carbocycles. The van der Waals surface area contributed by atoms with Crippen molar-refractivity contribution in [2.45, 2.75) is 56.4 Å². The number of aromatic nitrogens is 2. The minimum atomic E-state index is -3.97. The number of aromatic amines is 1. The molecule has 0 bridgehead atoms. The number of H-pyrrole nitrogens is 1. The number of hydrogen-bond donors (Lipinski definition) is 3. The summed E-state index contributed by atoms with van der Waals surface area (Å²) in [4.78, 5) is 20.7. The van der Waals surface area contributed by atoms with Gasteiger partial charge in [0.15, 0.2) is 0 Å². The number of amides is 1. The molecule has 34 heavy (non-hydrogen) atoms. The van der Waals surface area contributed by atoms with Gasteiger partial charge in [-0.25, -0.2) is 8.42 Å². The van der Waals surface area contributed by atoms with E-state index in [4.69, 9.17) is 10.5 Å². The van der Waals surface area contributed by atoms with E-state index < -0.39 is 26.9 Å². The lowest BCUT2D eigenvalue weighted by Gasteiger charge is -2.36. The average molecular weight is 485 g/mol. The number of nitrogens with two attached hydrogens (primary N) is 1. The molecule has 0 saturated heterocycles. The number of hydrogen-bond acceptors (Lipinski definition) is 6. The van der Waals surface area contributed by atoms with Crippen LogP contribution in [0.2, 0.25) is 0 Å². The Morgan fingerprint density at radius 1 is 1.21 bits per heavy atom. The number of methoxy groups -OCH3 is 1. The van der Waals surface area contributed by atoms with E-state index in [0.29, 0.717) is 24.3 Å². The van der Waals surface area contributed by atoms with Gasteiger partial charge in [0.25, 0.3) is 5.91 Å². The second kappa shape index (κ2) is 9.38. The molecular weight excluding hydrogens is 452 g/mol. The summed E-state index contributed by atoms with van der Waals surface area (Å²) >= 11 is 0. The van der Waals surface area contributed by atoms with Gasteiger partial charge >= 0.3 is 0 Å². The third kappa shape index (κ3) is 5.10. The van der Waals surface area contributed by atoms with Crippen LogP contribution in [0.25, 0.3) is 10.9 Å². The summed E-state index contributed by atoms with van der Waals surface area (Å²) < 4.78 is 33.9. The predicted molar refractivity (Wildman–Crippen MR) is 132 cm³/mol. The maximum absolute atomic E-state index is 13.2. The fourth-order valence-corrected chi connectivity index (χ4v) is 6.68. The highest BCUT2D eigenvalue weighted by molar-refractivity contribution is 7.90. The van der Waals surface area contributed by atoms with Crippen molar-refractivity contribution in [3.63, 3.8) is 0 Å². The van der Waals surface area contributed by atoms with Crippen molar-refractivity contribution in [2.24, 2.45) is 5.73 Å². The number of pyridine rings is 1. The highest BCUT2D eigenvalue weighted by atomic mass is 32.2. The van der Waals surface area contributed by atoms with Gasteiger partial charge < -0.3 is 15.5 Å². The summed E-state index contributed by atoms with van der Waals surface area (Å²) in [5.41, 5.74) is 6.79. The van der Waals surface area contributed by atoms with Crippen LogP contribution in [-0.2, 0) is 26.7 Å². The Hall–Kier alpha value is -2.91. The molecule has 4 rings (SSSR count). The van der Waals surface area contributed by atoms with Crippen molar-refractivity contribution in [1.82, 2.24) is 14.7 Å². The predicted octanol–water partition coefficient (Wildman–Crippen LogP) is 3.18. The smallest absolute Gasteiger partial charge is 0.253 e. The summed E-state index contributed by atoms with van der Waals surface area (Å²) in [7, 11) is -2.40. The monoisotopic (exact) mass is 484 g/mol. The summed E-state index contributed by atoms with van der Waals surface area (Å²) in [6, 6.07) is 11.3. The molecule has 182 valence electrons. The molecule has 4 N–H and O–H groups in total. The van der Waals surface area contributed by atoms with Crippen LogP contribution >= 0.6 is 0 Å². The number of benzene rings is 1. The van der Waals surface area contributed by atoms with Crippen LogP contribution in [0.15, 0.2) is 48.8 Å². The van der Waals surface area contributed by atoms with E-state index in [1.54, 1.807) is 26.3 Å². The zero-order valence-electron chi connectivity index (χ0n) is 19.6. The lowest BCUT2D eigenvalue weighted by atomic mass is 9.73. The van der Waals surface area contributed by atoms with Crippen LogP contribution in [0.3, 0.4) is 0 Å². The van der Waals surface area contributed by atoms with Gasteiger partial charge in [0.2, 0.25) is 10.0 Å². The highest BCUT2D eigenvalue weighted by Gasteiger charge is 2.41. The standard InChI is InChI=1S/C25H32N4O4S/c1-24(26,14-18-15-27-21-9-5-4-8-20(18)21)23(30)29-34(31,32)17-25(12-6-3-7-13-25)22-11-10-19(33-2)16-28-22/h4-5,8-11,15-16,27H,3,6-7,12-14,17,26H2,1-2H3,(H,29,30)/t24-/m0/s1. The molecule has 0 aliphatic heterocycles. The second-order valence-corrected chi connectivity index (χ2v) is 11.3. The molecule has 1 amide bonds. The lowest BCUT2D eigenvalue weighted by molar-refractivity contribution is -0.123. The van der Waals surface area contributed by atoms with E-state index in [0.717, 1.165) is 35.7 Å². The molecule has 1 aromatic carbocycles. The SMILES string of the molecule is COc1ccc(C2(CS(=O)(=O)NC(=O)[C@@](C)(N)Cc3c[nH]c4ccccc34)CCCCC2)nc1. The molecule has 0 spiro atoms. The number of rotatable bonds is 8. The molecule has 2 heterocycles. The van der Waals surface area contributed by atoms with Gasteiger partial charge in [-0.2, -0.15) is 0 Å². The number of carbonyl (C=O) groups is 1. The highest BCUT2D eigenvalue weighted by Crippen LogP contribution is 2.40. The van der Waals surface area contributed by atoms with E-state index in [1.807, 2.05) is 36.5 Å². The lowest BCUT2D eigenvalue weighted by Crippen LogP contribution is -2.56. The minimum absolute atomic E-state index is 0.198. The summed E-state index contributed by atoms with van der Waals surface area (Å²) in [6.45, 7) is 1.56. The zero-order chi connectivity index (χ0) is 24.4. The summed E-state index contributed by atoms with van der Waals surface area (Å²) in [6.07, 6.45) is 7.87. The molecule has 9 heteroatoms. The van der Waals surface area contributed by atoms with Gasteiger partial charge in [0.1, 0.15) is 5.75 Å². The van der Waals surface area contributed by atoms with Crippen LogP contribution in [0.5, 0.6) is 5.75 Å². The van der Waals surface area contributed by atoms with E-state index in [2.05, 4.69) is 14.7 Å². The van der Waals surface area contributed by atoms with Gasteiger partial charge in [-0.1, -0.05) is 37.5 Å². The summed E-state index contributed by atoms with van der Waals surface area (Å²) in [5.74, 6) is -0.317. The molecule has 1 aliphatic rings. The molecule has 0 radical (unpaired) electrons. The molecule has 1 fully saturated rings. The van der Waals surface area contributed by atoms with Gasteiger partial charge in [-0.3, -0.25) is 14.5 Å². The number of nitrogens with zero attached hydrogens (tertiary/aromatic N) is 1. The number of sulfonamides is 1. The first kappa shape index (κ1) is 24.2. The number of para-hydroxylation sites is 1. The van der Waals surface area contributed by atoms with E-state index in [9.17, 15) is 13.2 Å². The van der Waals surface area contributed by atoms with Crippen molar-refractivity contribution < 1.29 is 17.9 Å². The Labute approximate surface area is 200 Å². The van der Waals surface area contributed by atoms with Crippen molar-refractivity contribution >= 4 is 26.8 Å². The Kier molecular flexibility index (Phi) is 6.69. The summed E-state index contributed by atoms with van der Waals surface area (Å²) in [5, 5.41) is 0.960. The van der Waals surface area contributed by atoms with E-state index in [-0.39, 0.29) is 12.2 Å². The third-order valence-electron chi connectivity index (χ3n) is 6.79. The fourth-order valence-electron chi connectivity index (χ4n) is 4.93. The van der Waals surface area contributed by atoms with Gasteiger partial charge in [-0.15, -0.1) is 0 Å². The number of ether oxygens (including phenoxy) is 1. The molecule has 1 atom stereocenters. The van der Waals surface area contributed by atoms with Crippen molar-refractivity contribution in [2.75, 3.05) is 12.9 Å². The Morgan fingerprint density at radius 2 is 1.94 bits per heavy atom. The Balaban J connectivity index is 1.52. The zero-order valence-corrected chi connectivity index (χ0v) is 20.5. The first-order valence-electron chi connectivity index (χ1n) is 11.5. The van der Waals surface area contributed by atoms with Gasteiger partial charge in [0, 0.05) is 34.6 Å². The third-order valence-corrected chi connectivity index (χ3v) is 8.22. The van der Waals surface area contributed by atoms with Gasteiger partial charge in [0.05, 0.1) is 24.6 Å². The van der Waals surface area contributed by atoms with Crippen LogP contribution < -0.4 is 15.2 Å². The van der Waals surface area contributed by atoms with Crippen LogP contribution in [0.4, 0.5) is 0 Å². The maximum atomic E-state index is 13.2. The first-order valence-corrected chi connectivity index (χ1v) is 13.2. The fraction of sp³-hybridized carbons (Fsp3) is 0.440. The normalized spacial score (nSPS) is 17.7. The molecule has 0 unspecified atom stereocenters. The topological polar surface area (TPSA) is 127 Å².